The summed E-state index contributed by atoms with van der Waals surface area (Å²) in [4.78, 5) is 24.7. The summed E-state index contributed by atoms with van der Waals surface area (Å²) in [5.74, 6) is -0.846. The number of carbonyl (C=O) groups excluding carboxylic acids is 1. The third-order valence-electron chi connectivity index (χ3n) is 3.54. The lowest BCUT2D eigenvalue weighted by atomic mass is 10.0. The second kappa shape index (κ2) is 6.93. The second-order valence-corrected chi connectivity index (χ2v) is 5.04. The van der Waals surface area contributed by atoms with Crippen LogP contribution in [0.15, 0.2) is 30.3 Å². The second-order valence-electron chi connectivity index (χ2n) is 5.04. The van der Waals surface area contributed by atoms with Gasteiger partial charge in [-0.1, -0.05) is 30.3 Å². The first-order valence-electron chi connectivity index (χ1n) is 6.99. The van der Waals surface area contributed by atoms with Crippen LogP contribution in [0.1, 0.15) is 37.3 Å². The molecule has 2 N–H and O–H groups in total. The van der Waals surface area contributed by atoms with Gasteiger partial charge in [-0.15, -0.1) is 0 Å². The summed E-state index contributed by atoms with van der Waals surface area (Å²) in [7, 11) is 0. The van der Waals surface area contributed by atoms with Crippen LogP contribution in [0.4, 0.5) is 4.79 Å². The van der Waals surface area contributed by atoms with Crippen molar-refractivity contribution in [3.05, 3.63) is 35.9 Å². The number of likely N-dealkylation sites (tertiary alicyclic amines) is 1. The number of nitrogens with zero attached hydrogens (tertiary/aromatic N) is 1. The zero-order valence-corrected chi connectivity index (χ0v) is 11.4. The van der Waals surface area contributed by atoms with Gasteiger partial charge in [0.15, 0.2) is 0 Å². The highest BCUT2D eigenvalue weighted by Gasteiger charge is 2.22. The van der Waals surface area contributed by atoms with Gasteiger partial charge in [0.25, 0.3) is 0 Å². The number of amides is 2. The van der Waals surface area contributed by atoms with Gasteiger partial charge in [-0.05, 0) is 24.8 Å². The first-order chi connectivity index (χ1) is 9.66. The Kier molecular flexibility index (Phi) is 4.98. The summed E-state index contributed by atoms with van der Waals surface area (Å²) >= 11 is 0. The fourth-order valence-electron chi connectivity index (χ4n) is 2.44. The molecule has 1 atom stereocenters. The molecular formula is C15H20N2O3. The molecule has 5 nitrogen and oxygen atoms in total. The van der Waals surface area contributed by atoms with Crippen molar-refractivity contribution in [1.82, 2.24) is 10.2 Å². The van der Waals surface area contributed by atoms with Gasteiger partial charge in [0.2, 0.25) is 0 Å². The van der Waals surface area contributed by atoms with Gasteiger partial charge in [0.05, 0.1) is 6.04 Å². The van der Waals surface area contributed by atoms with Crippen molar-refractivity contribution in [3.8, 4) is 0 Å². The molecule has 0 radical (unpaired) electrons. The quantitative estimate of drug-likeness (QED) is 0.867. The molecule has 1 aliphatic rings. The maximum atomic E-state index is 12.1. The first kappa shape index (κ1) is 14.4. The zero-order chi connectivity index (χ0) is 14.4. The Morgan fingerprint density at radius 2 is 1.85 bits per heavy atom. The molecule has 1 fully saturated rings. The number of carboxylic acids is 1. The standard InChI is InChI=1S/C15H20N2O3/c18-14(19)9-8-13(12-6-2-1-3-7-12)16-15(20)17-10-4-5-11-17/h1-3,6-7,13H,4-5,8-11H2,(H,16,20)(H,18,19). The summed E-state index contributed by atoms with van der Waals surface area (Å²) in [6.07, 6.45) is 2.52. The van der Waals surface area contributed by atoms with Crippen LogP contribution in [-0.4, -0.2) is 35.1 Å². The highest BCUT2D eigenvalue weighted by atomic mass is 16.4. The highest BCUT2D eigenvalue weighted by Crippen LogP contribution is 2.19. The fourth-order valence-corrected chi connectivity index (χ4v) is 2.44. The van der Waals surface area contributed by atoms with Crippen LogP contribution in [0.3, 0.4) is 0 Å². The average Bonchev–Trinajstić information content (AvgIpc) is 2.98. The van der Waals surface area contributed by atoms with Crippen molar-refractivity contribution in [1.29, 1.82) is 0 Å². The van der Waals surface area contributed by atoms with Crippen LogP contribution in [0.2, 0.25) is 0 Å². The molecule has 0 bridgehead atoms. The summed E-state index contributed by atoms with van der Waals surface area (Å²) < 4.78 is 0. The maximum Gasteiger partial charge on any atom is 0.317 e. The molecule has 0 aliphatic carbocycles. The fraction of sp³-hybridized carbons (Fsp3) is 0.467. The van der Waals surface area contributed by atoms with Crippen molar-refractivity contribution in [2.75, 3.05) is 13.1 Å². The molecule has 2 amide bonds. The van der Waals surface area contributed by atoms with E-state index in [2.05, 4.69) is 5.32 Å². The molecular weight excluding hydrogens is 256 g/mol. The molecule has 1 aromatic carbocycles. The number of hydrogen-bond acceptors (Lipinski definition) is 2. The SMILES string of the molecule is O=C(O)CCC(NC(=O)N1CCCC1)c1ccccc1. The van der Waals surface area contributed by atoms with E-state index in [1.54, 1.807) is 4.90 Å². The monoisotopic (exact) mass is 276 g/mol. The third kappa shape index (κ3) is 3.98. The number of carboxylic acid groups (broad SMARTS) is 1. The number of benzene rings is 1. The molecule has 0 saturated carbocycles. The largest absolute Gasteiger partial charge is 0.481 e. The Morgan fingerprint density at radius 1 is 1.20 bits per heavy atom. The summed E-state index contributed by atoms with van der Waals surface area (Å²) in [5, 5.41) is 11.8. The van der Waals surface area contributed by atoms with E-state index in [4.69, 9.17) is 5.11 Å². The molecule has 20 heavy (non-hydrogen) atoms. The van der Waals surface area contributed by atoms with Gasteiger partial charge in [0.1, 0.15) is 0 Å². The number of nitrogens with one attached hydrogen (secondary N) is 1. The molecule has 1 aromatic rings. The number of carbonyl (C=O) groups is 2. The molecule has 2 rings (SSSR count). The van der Waals surface area contributed by atoms with Crippen LogP contribution in [0, 0.1) is 0 Å². The third-order valence-corrected chi connectivity index (χ3v) is 3.54. The Balaban J connectivity index is 2.01. The van der Waals surface area contributed by atoms with Crippen molar-refractivity contribution >= 4 is 12.0 Å². The minimum Gasteiger partial charge on any atom is -0.481 e. The smallest absolute Gasteiger partial charge is 0.317 e. The van der Waals surface area contributed by atoms with Crippen molar-refractivity contribution in [2.45, 2.75) is 31.7 Å². The topological polar surface area (TPSA) is 69.6 Å². The van der Waals surface area contributed by atoms with Gasteiger partial charge in [0, 0.05) is 19.5 Å². The predicted molar refractivity (Wildman–Crippen MR) is 75.4 cm³/mol. The molecule has 108 valence electrons. The average molecular weight is 276 g/mol. The lowest BCUT2D eigenvalue weighted by Crippen LogP contribution is -2.40. The normalized spacial score (nSPS) is 15.9. The number of hydrogen-bond donors (Lipinski definition) is 2. The van der Waals surface area contributed by atoms with Crippen molar-refractivity contribution in [2.24, 2.45) is 0 Å². The van der Waals surface area contributed by atoms with Crippen LogP contribution < -0.4 is 5.32 Å². The molecule has 0 spiro atoms. The summed E-state index contributed by atoms with van der Waals surface area (Å²) in [5.41, 5.74) is 0.946. The number of rotatable bonds is 5. The van der Waals surface area contributed by atoms with Crippen LogP contribution in [-0.2, 0) is 4.79 Å². The van der Waals surface area contributed by atoms with E-state index < -0.39 is 5.97 Å². The molecule has 1 aliphatic heterocycles. The number of aliphatic carboxylic acids is 1. The van der Waals surface area contributed by atoms with Crippen LogP contribution in [0.25, 0.3) is 0 Å². The summed E-state index contributed by atoms with van der Waals surface area (Å²) in [6, 6.07) is 9.17. The first-order valence-corrected chi connectivity index (χ1v) is 6.99. The van der Waals surface area contributed by atoms with E-state index in [9.17, 15) is 9.59 Å². The maximum absolute atomic E-state index is 12.1. The predicted octanol–water partition coefficient (Wildman–Crippen LogP) is 2.40. The molecule has 5 heteroatoms. The molecule has 1 saturated heterocycles. The van der Waals surface area contributed by atoms with E-state index in [-0.39, 0.29) is 18.5 Å². The van der Waals surface area contributed by atoms with Gasteiger partial charge >= 0.3 is 12.0 Å². The Bertz CT molecular complexity index is 455. The summed E-state index contributed by atoms with van der Waals surface area (Å²) in [6.45, 7) is 1.57. The van der Waals surface area contributed by atoms with Gasteiger partial charge in [-0.2, -0.15) is 0 Å². The van der Waals surface area contributed by atoms with E-state index in [1.165, 1.54) is 0 Å². The van der Waals surface area contributed by atoms with E-state index in [0.29, 0.717) is 6.42 Å². The highest BCUT2D eigenvalue weighted by molar-refractivity contribution is 5.75. The molecule has 0 aromatic heterocycles. The Hall–Kier alpha value is -2.04. The lowest BCUT2D eigenvalue weighted by Gasteiger charge is -2.23. The van der Waals surface area contributed by atoms with Crippen molar-refractivity contribution < 1.29 is 14.7 Å². The van der Waals surface area contributed by atoms with Crippen LogP contribution >= 0.6 is 0 Å². The van der Waals surface area contributed by atoms with E-state index >= 15 is 0 Å². The minimum atomic E-state index is -0.846. The number of urea groups is 1. The van der Waals surface area contributed by atoms with Gasteiger partial charge in [-0.3, -0.25) is 4.79 Å². The molecule has 1 heterocycles. The Labute approximate surface area is 118 Å². The van der Waals surface area contributed by atoms with E-state index in [0.717, 1.165) is 31.5 Å². The molecule has 1 unspecified atom stereocenters. The van der Waals surface area contributed by atoms with Gasteiger partial charge < -0.3 is 15.3 Å². The minimum absolute atomic E-state index is 0.0415. The van der Waals surface area contributed by atoms with Gasteiger partial charge in [-0.25, -0.2) is 4.79 Å². The van der Waals surface area contributed by atoms with Crippen LogP contribution in [0.5, 0.6) is 0 Å². The van der Waals surface area contributed by atoms with E-state index in [1.807, 2.05) is 30.3 Å². The van der Waals surface area contributed by atoms with Crippen molar-refractivity contribution in [3.63, 3.8) is 0 Å². The zero-order valence-electron chi connectivity index (χ0n) is 11.4. The Morgan fingerprint density at radius 3 is 2.45 bits per heavy atom. The lowest BCUT2D eigenvalue weighted by molar-refractivity contribution is -0.137.